The molecule has 0 fully saturated rings. The second-order valence-electron chi connectivity index (χ2n) is 8.32. The summed E-state index contributed by atoms with van der Waals surface area (Å²) in [6, 6.07) is 20.7. The van der Waals surface area contributed by atoms with E-state index in [1.54, 1.807) is 12.5 Å². The Morgan fingerprint density at radius 1 is 0.625 bits per heavy atom. The molecule has 0 unspecified atom stereocenters. The summed E-state index contributed by atoms with van der Waals surface area (Å²) in [4.78, 5) is 4.47. The van der Waals surface area contributed by atoms with E-state index in [2.05, 4.69) is 46.2 Å². The van der Waals surface area contributed by atoms with Gasteiger partial charge in [0.2, 0.25) is 0 Å². The molecule has 6 heteroatoms. The molecule has 2 aromatic carbocycles. The fraction of sp³-hybridized carbons (Fsp3) is 0.231. The van der Waals surface area contributed by atoms with Crippen LogP contribution < -0.4 is 9.47 Å². The molecule has 0 atom stereocenters. The zero-order valence-corrected chi connectivity index (χ0v) is 17.7. The summed E-state index contributed by atoms with van der Waals surface area (Å²) in [5, 5.41) is 0. The summed E-state index contributed by atoms with van der Waals surface area (Å²) in [7, 11) is 0. The number of furan rings is 2. The Labute approximate surface area is 186 Å². The highest BCUT2D eigenvalue weighted by Crippen LogP contribution is 2.34. The van der Waals surface area contributed by atoms with Crippen LogP contribution in [0.25, 0.3) is 11.1 Å². The van der Waals surface area contributed by atoms with Crippen molar-refractivity contribution in [2.45, 2.75) is 26.2 Å². The summed E-state index contributed by atoms with van der Waals surface area (Å²) in [6.45, 7) is 4.25. The minimum atomic E-state index is 0.564. The third-order valence-corrected chi connectivity index (χ3v) is 5.97. The van der Waals surface area contributed by atoms with Crippen molar-refractivity contribution < 1.29 is 18.3 Å². The van der Waals surface area contributed by atoms with Gasteiger partial charge in [-0.2, -0.15) is 0 Å². The molecule has 4 aromatic rings. The van der Waals surface area contributed by atoms with Gasteiger partial charge in [0.15, 0.2) is 0 Å². The van der Waals surface area contributed by atoms with Crippen LogP contribution in [0.1, 0.15) is 22.6 Å². The van der Waals surface area contributed by atoms with Crippen LogP contribution in [0.15, 0.2) is 82.0 Å². The Hall–Kier alpha value is -3.48. The van der Waals surface area contributed by atoms with Crippen molar-refractivity contribution in [1.29, 1.82) is 0 Å². The molecule has 0 saturated carbocycles. The molecule has 32 heavy (non-hydrogen) atoms. The molecule has 0 spiro atoms. The van der Waals surface area contributed by atoms with Crippen molar-refractivity contribution in [2.75, 3.05) is 13.5 Å². The monoisotopic (exact) mass is 428 g/mol. The number of rotatable bonds is 5. The van der Waals surface area contributed by atoms with E-state index < -0.39 is 0 Å². The molecule has 6 nitrogen and oxygen atoms in total. The van der Waals surface area contributed by atoms with Gasteiger partial charge < -0.3 is 18.3 Å². The Morgan fingerprint density at radius 3 is 1.56 bits per heavy atom. The van der Waals surface area contributed by atoms with Crippen LogP contribution in [0.3, 0.4) is 0 Å². The third kappa shape index (κ3) is 3.90. The fourth-order valence-corrected chi connectivity index (χ4v) is 4.39. The van der Waals surface area contributed by atoms with Crippen molar-refractivity contribution in [2.24, 2.45) is 0 Å². The molecular weight excluding hydrogens is 404 g/mol. The summed E-state index contributed by atoms with van der Waals surface area (Å²) in [5.74, 6) is 3.80. The van der Waals surface area contributed by atoms with Crippen LogP contribution in [-0.4, -0.2) is 23.3 Å². The van der Waals surface area contributed by atoms with Crippen molar-refractivity contribution in [3.63, 3.8) is 0 Å². The maximum absolute atomic E-state index is 5.98. The predicted molar refractivity (Wildman–Crippen MR) is 119 cm³/mol. The van der Waals surface area contributed by atoms with E-state index in [1.807, 2.05) is 24.3 Å². The Balaban J connectivity index is 1.21. The van der Waals surface area contributed by atoms with Crippen LogP contribution in [0, 0.1) is 0 Å². The zero-order chi connectivity index (χ0) is 21.3. The maximum Gasteiger partial charge on any atom is 0.142 e. The Morgan fingerprint density at radius 2 is 1.12 bits per heavy atom. The number of ether oxygens (including phenoxy) is 2. The van der Waals surface area contributed by atoms with E-state index in [1.165, 1.54) is 22.3 Å². The molecule has 0 N–H and O–H groups in total. The van der Waals surface area contributed by atoms with Crippen molar-refractivity contribution >= 4 is 0 Å². The van der Waals surface area contributed by atoms with Gasteiger partial charge in [-0.15, -0.1) is 0 Å². The first kappa shape index (κ1) is 19.2. The smallest absolute Gasteiger partial charge is 0.142 e. The first-order valence-electron chi connectivity index (χ1n) is 10.8. The molecule has 2 aliphatic rings. The van der Waals surface area contributed by atoms with Gasteiger partial charge in [0.05, 0.1) is 25.6 Å². The Kier molecular flexibility index (Phi) is 4.94. The van der Waals surface area contributed by atoms with E-state index in [9.17, 15) is 0 Å². The van der Waals surface area contributed by atoms with Gasteiger partial charge in [-0.05, 0) is 59.7 Å². The molecule has 2 aromatic heterocycles. The number of hydrogen-bond donors (Lipinski definition) is 0. The number of fused-ring (bicyclic) bond motifs is 2. The average molecular weight is 428 g/mol. The van der Waals surface area contributed by atoms with Gasteiger partial charge in [-0.1, -0.05) is 12.1 Å². The molecule has 0 saturated heterocycles. The number of nitrogens with zero attached hydrogens (tertiary/aromatic N) is 2. The largest absolute Gasteiger partial charge is 0.478 e. The predicted octanol–water partition coefficient (Wildman–Crippen LogP) is 5.24. The number of benzene rings is 2. The molecule has 0 bridgehead atoms. The van der Waals surface area contributed by atoms with Crippen LogP contribution in [0.2, 0.25) is 0 Å². The topological polar surface area (TPSA) is 51.2 Å². The van der Waals surface area contributed by atoms with Crippen molar-refractivity contribution in [3.05, 3.63) is 95.8 Å². The fourth-order valence-electron chi connectivity index (χ4n) is 4.39. The van der Waals surface area contributed by atoms with Gasteiger partial charge in [0.1, 0.15) is 36.5 Å². The SMILES string of the molecule is c1coc(CN2COc3ccc(-c4ccc5c(c4)CN(Cc4ccco4)CO5)cc3C2)c1. The summed E-state index contributed by atoms with van der Waals surface area (Å²) < 4.78 is 22.9. The second kappa shape index (κ2) is 8.22. The van der Waals surface area contributed by atoms with Gasteiger partial charge in [0.25, 0.3) is 0 Å². The van der Waals surface area contributed by atoms with Crippen LogP contribution in [0.4, 0.5) is 0 Å². The molecular formula is C26H24N2O4. The zero-order valence-electron chi connectivity index (χ0n) is 17.7. The second-order valence-corrected chi connectivity index (χ2v) is 8.32. The molecule has 0 radical (unpaired) electrons. The normalized spacial score (nSPS) is 16.1. The molecule has 0 amide bonds. The molecule has 0 aliphatic carbocycles. The molecule has 162 valence electrons. The van der Waals surface area contributed by atoms with E-state index >= 15 is 0 Å². The Bertz CT molecular complexity index is 1110. The minimum absolute atomic E-state index is 0.564. The summed E-state index contributed by atoms with van der Waals surface area (Å²) >= 11 is 0. The lowest BCUT2D eigenvalue weighted by molar-refractivity contribution is 0.0822. The van der Waals surface area contributed by atoms with E-state index in [4.69, 9.17) is 18.3 Å². The lowest BCUT2D eigenvalue weighted by Crippen LogP contribution is -2.31. The highest BCUT2D eigenvalue weighted by molar-refractivity contribution is 5.68. The van der Waals surface area contributed by atoms with Gasteiger partial charge in [-0.3, -0.25) is 9.80 Å². The lowest BCUT2D eigenvalue weighted by atomic mass is 9.99. The van der Waals surface area contributed by atoms with E-state index in [0.717, 1.165) is 49.2 Å². The van der Waals surface area contributed by atoms with Crippen molar-refractivity contribution in [1.82, 2.24) is 9.80 Å². The minimum Gasteiger partial charge on any atom is -0.478 e. The van der Waals surface area contributed by atoms with Crippen LogP contribution in [-0.2, 0) is 26.2 Å². The lowest BCUT2D eigenvalue weighted by Gasteiger charge is -2.29. The standard InChI is InChI=1S/C26H24N2O4/c1-3-23(29-9-1)15-27-13-21-11-19(5-7-25(21)31-17-27)20-6-8-26-22(12-20)14-28(18-32-26)16-24-4-2-10-30-24/h1-12H,13-18H2. The van der Waals surface area contributed by atoms with Crippen molar-refractivity contribution in [3.8, 4) is 22.6 Å². The average Bonchev–Trinajstić information content (AvgIpc) is 3.53. The summed E-state index contributed by atoms with van der Waals surface area (Å²) in [5.41, 5.74) is 4.73. The molecule has 4 heterocycles. The van der Waals surface area contributed by atoms with E-state index in [-0.39, 0.29) is 0 Å². The maximum atomic E-state index is 5.98. The van der Waals surface area contributed by atoms with Gasteiger partial charge in [0, 0.05) is 24.2 Å². The molecule has 2 aliphatic heterocycles. The first-order valence-corrected chi connectivity index (χ1v) is 10.8. The molecule has 6 rings (SSSR count). The highest BCUT2D eigenvalue weighted by atomic mass is 16.5. The van der Waals surface area contributed by atoms with Crippen LogP contribution in [0.5, 0.6) is 11.5 Å². The number of hydrogen-bond acceptors (Lipinski definition) is 6. The van der Waals surface area contributed by atoms with E-state index in [0.29, 0.717) is 13.5 Å². The third-order valence-electron chi connectivity index (χ3n) is 5.97. The van der Waals surface area contributed by atoms with Crippen LogP contribution >= 0.6 is 0 Å². The van der Waals surface area contributed by atoms with Gasteiger partial charge in [-0.25, -0.2) is 0 Å². The summed E-state index contributed by atoms with van der Waals surface area (Å²) in [6.07, 6.45) is 3.42. The first-order chi connectivity index (χ1) is 15.8. The van der Waals surface area contributed by atoms with Gasteiger partial charge >= 0.3 is 0 Å². The quantitative estimate of drug-likeness (QED) is 0.433. The highest BCUT2D eigenvalue weighted by Gasteiger charge is 2.21.